The molecule has 1 aromatic heterocycles. The van der Waals surface area contributed by atoms with Crippen LogP contribution in [0.1, 0.15) is 21.5 Å². The Hall–Kier alpha value is -3.73. The normalized spacial score (nSPS) is 12.4. The molecule has 176 valence electrons. The van der Waals surface area contributed by atoms with Gasteiger partial charge in [0.25, 0.3) is 5.91 Å². The van der Waals surface area contributed by atoms with E-state index in [9.17, 15) is 22.8 Å². The Bertz CT molecular complexity index is 1250. The first-order valence-corrected chi connectivity index (χ1v) is 11.0. The van der Waals surface area contributed by atoms with Gasteiger partial charge in [0.2, 0.25) is 12.7 Å². The number of hydrogen-bond acceptors (Lipinski definition) is 6. The van der Waals surface area contributed by atoms with Crippen molar-refractivity contribution in [2.45, 2.75) is 18.1 Å². The van der Waals surface area contributed by atoms with Crippen LogP contribution in [0.2, 0.25) is 0 Å². The second kappa shape index (κ2) is 9.64. The molecule has 2 aromatic carbocycles. The lowest BCUT2D eigenvalue weighted by molar-refractivity contribution is -0.138. The highest BCUT2D eigenvalue weighted by Crippen LogP contribution is 2.35. The molecular formula is C23H18F3N3O4S. The SMILES string of the molecule is Cc1ccc(NC(=O)c2cccnc2SCC(=O)Nc2ccc3c(c2)OCO3)cc1C(F)(F)F. The van der Waals surface area contributed by atoms with Crippen molar-refractivity contribution in [2.75, 3.05) is 23.2 Å². The van der Waals surface area contributed by atoms with Gasteiger partial charge >= 0.3 is 6.18 Å². The average Bonchev–Trinajstić information content (AvgIpc) is 3.26. The van der Waals surface area contributed by atoms with Gasteiger partial charge in [-0.15, -0.1) is 0 Å². The van der Waals surface area contributed by atoms with E-state index in [1.807, 2.05) is 0 Å². The van der Waals surface area contributed by atoms with Crippen molar-refractivity contribution in [3.05, 3.63) is 71.4 Å². The van der Waals surface area contributed by atoms with E-state index in [1.54, 1.807) is 18.2 Å². The predicted molar refractivity (Wildman–Crippen MR) is 120 cm³/mol. The summed E-state index contributed by atoms with van der Waals surface area (Å²) < 4.78 is 50.0. The number of rotatable bonds is 6. The van der Waals surface area contributed by atoms with Crippen molar-refractivity contribution in [1.82, 2.24) is 4.98 Å². The number of fused-ring (bicyclic) bond motifs is 1. The quantitative estimate of drug-likeness (QED) is 0.467. The molecule has 11 heteroatoms. The molecule has 1 aliphatic heterocycles. The van der Waals surface area contributed by atoms with Crippen LogP contribution in [-0.2, 0) is 11.0 Å². The number of benzene rings is 2. The van der Waals surface area contributed by atoms with Gasteiger partial charge in [0.05, 0.1) is 16.9 Å². The van der Waals surface area contributed by atoms with E-state index in [0.717, 1.165) is 17.8 Å². The third-order valence-corrected chi connectivity index (χ3v) is 5.82. The number of thioether (sulfide) groups is 1. The number of amides is 2. The molecule has 0 saturated carbocycles. The number of alkyl halides is 3. The lowest BCUT2D eigenvalue weighted by Gasteiger charge is -2.13. The minimum Gasteiger partial charge on any atom is -0.454 e. The van der Waals surface area contributed by atoms with Gasteiger partial charge < -0.3 is 20.1 Å². The van der Waals surface area contributed by atoms with E-state index in [4.69, 9.17) is 9.47 Å². The van der Waals surface area contributed by atoms with E-state index < -0.39 is 17.6 Å². The second-order valence-corrected chi connectivity index (χ2v) is 8.21. The molecule has 0 fully saturated rings. The Kier molecular flexibility index (Phi) is 6.64. The van der Waals surface area contributed by atoms with Crippen LogP contribution >= 0.6 is 11.8 Å². The fraction of sp³-hybridized carbons (Fsp3) is 0.174. The maximum absolute atomic E-state index is 13.2. The number of carbonyl (C=O) groups excluding carboxylic acids is 2. The lowest BCUT2D eigenvalue weighted by atomic mass is 10.1. The number of pyridine rings is 1. The fourth-order valence-corrected chi connectivity index (χ4v) is 3.98. The van der Waals surface area contributed by atoms with Crippen LogP contribution in [0.15, 0.2) is 59.8 Å². The first kappa shape index (κ1) is 23.4. The second-order valence-electron chi connectivity index (χ2n) is 7.24. The van der Waals surface area contributed by atoms with Crippen molar-refractivity contribution in [1.29, 1.82) is 0 Å². The Labute approximate surface area is 196 Å². The topological polar surface area (TPSA) is 89.6 Å². The van der Waals surface area contributed by atoms with Gasteiger partial charge in [0.15, 0.2) is 11.5 Å². The first-order chi connectivity index (χ1) is 16.2. The molecule has 1 aliphatic rings. The van der Waals surface area contributed by atoms with Crippen LogP contribution < -0.4 is 20.1 Å². The number of carbonyl (C=O) groups is 2. The summed E-state index contributed by atoms with van der Waals surface area (Å²) in [5.41, 5.74) is -0.114. The van der Waals surface area contributed by atoms with Crippen LogP contribution in [0.5, 0.6) is 11.5 Å². The molecule has 7 nitrogen and oxygen atoms in total. The van der Waals surface area contributed by atoms with Crippen molar-refractivity contribution >= 4 is 35.0 Å². The molecule has 2 N–H and O–H groups in total. The molecule has 0 aliphatic carbocycles. The molecule has 0 atom stereocenters. The monoisotopic (exact) mass is 489 g/mol. The van der Waals surface area contributed by atoms with Crippen molar-refractivity contribution < 1.29 is 32.2 Å². The van der Waals surface area contributed by atoms with Crippen LogP contribution in [0.4, 0.5) is 24.5 Å². The predicted octanol–water partition coefficient (Wildman–Crippen LogP) is 5.12. The summed E-state index contributed by atoms with van der Waals surface area (Å²) in [6.45, 7) is 1.46. The van der Waals surface area contributed by atoms with E-state index in [2.05, 4.69) is 15.6 Å². The zero-order chi connectivity index (χ0) is 24.3. The van der Waals surface area contributed by atoms with Gasteiger partial charge in [-0.2, -0.15) is 13.2 Å². The van der Waals surface area contributed by atoms with Gasteiger partial charge in [0.1, 0.15) is 5.03 Å². The molecule has 34 heavy (non-hydrogen) atoms. The first-order valence-electron chi connectivity index (χ1n) is 9.97. The number of halogens is 3. The molecule has 0 radical (unpaired) electrons. The lowest BCUT2D eigenvalue weighted by Crippen LogP contribution is -2.17. The van der Waals surface area contributed by atoms with Gasteiger partial charge in [0, 0.05) is 23.6 Å². The maximum Gasteiger partial charge on any atom is 0.416 e. The number of hydrogen-bond donors (Lipinski definition) is 2. The number of ether oxygens (including phenoxy) is 2. The highest BCUT2D eigenvalue weighted by atomic mass is 32.2. The fourth-order valence-electron chi connectivity index (χ4n) is 3.19. The summed E-state index contributed by atoms with van der Waals surface area (Å²) in [4.78, 5) is 29.3. The highest BCUT2D eigenvalue weighted by Gasteiger charge is 2.32. The summed E-state index contributed by atoms with van der Waals surface area (Å²) >= 11 is 1.03. The molecule has 4 rings (SSSR count). The van der Waals surface area contributed by atoms with E-state index in [0.29, 0.717) is 17.2 Å². The summed E-state index contributed by atoms with van der Waals surface area (Å²) in [5, 5.41) is 5.46. The molecule has 0 bridgehead atoms. The maximum atomic E-state index is 13.2. The Balaban J connectivity index is 1.41. The highest BCUT2D eigenvalue weighted by molar-refractivity contribution is 8.00. The Morgan fingerprint density at radius 2 is 1.76 bits per heavy atom. The van der Waals surface area contributed by atoms with Crippen LogP contribution in [0.25, 0.3) is 0 Å². The summed E-state index contributed by atoms with van der Waals surface area (Å²) in [5.74, 6) is 0.0958. The van der Waals surface area contributed by atoms with Crippen molar-refractivity contribution in [2.24, 2.45) is 0 Å². The van der Waals surface area contributed by atoms with E-state index >= 15 is 0 Å². The molecular weight excluding hydrogens is 471 g/mol. The number of nitrogens with zero attached hydrogens (tertiary/aromatic N) is 1. The smallest absolute Gasteiger partial charge is 0.416 e. The third kappa shape index (κ3) is 5.42. The van der Waals surface area contributed by atoms with Gasteiger partial charge in [-0.05, 0) is 48.9 Å². The minimum absolute atomic E-state index is 0.00304. The number of nitrogens with one attached hydrogen (secondary N) is 2. The summed E-state index contributed by atoms with van der Waals surface area (Å²) in [6.07, 6.45) is -3.08. The van der Waals surface area contributed by atoms with Crippen molar-refractivity contribution in [3.8, 4) is 11.5 Å². The zero-order valence-corrected chi connectivity index (χ0v) is 18.5. The molecule has 3 aromatic rings. The summed E-state index contributed by atoms with van der Waals surface area (Å²) in [6, 6.07) is 11.6. The number of aromatic nitrogens is 1. The molecule has 2 heterocycles. The molecule has 0 spiro atoms. The molecule has 0 unspecified atom stereocenters. The van der Waals surface area contributed by atoms with Crippen LogP contribution in [-0.4, -0.2) is 29.3 Å². The molecule has 0 saturated heterocycles. The Morgan fingerprint density at radius 1 is 1.03 bits per heavy atom. The minimum atomic E-state index is -4.54. The number of aryl methyl sites for hydroxylation is 1. The van der Waals surface area contributed by atoms with Crippen molar-refractivity contribution in [3.63, 3.8) is 0 Å². The van der Waals surface area contributed by atoms with Crippen LogP contribution in [0, 0.1) is 6.92 Å². The average molecular weight is 489 g/mol. The number of anilines is 2. The van der Waals surface area contributed by atoms with Crippen LogP contribution in [0.3, 0.4) is 0 Å². The molecule has 2 amide bonds. The third-order valence-electron chi connectivity index (χ3n) is 4.81. The van der Waals surface area contributed by atoms with Gasteiger partial charge in [-0.3, -0.25) is 9.59 Å². The van der Waals surface area contributed by atoms with E-state index in [1.165, 1.54) is 37.4 Å². The Morgan fingerprint density at radius 3 is 2.56 bits per heavy atom. The summed E-state index contributed by atoms with van der Waals surface area (Å²) in [7, 11) is 0. The van der Waals surface area contributed by atoms with Gasteiger partial charge in [-0.25, -0.2) is 4.98 Å². The zero-order valence-electron chi connectivity index (χ0n) is 17.7. The standard InChI is InChI=1S/C23H18F3N3O4S/c1-13-4-5-14(9-17(13)23(24,25)26)29-21(31)16-3-2-8-27-22(16)34-11-20(30)28-15-6-7-18-19(10-15)33-12-32-18/h2-10H,11-12H2,1H3,(H,28,30)(H,29,31). The van der Waals surface area contributed by atoms with Gasteiger partial charge in [-0.1, -0.05) is 17.8 Å². The van der Waals surface area contributed by atoms with E-state index in [-0.39, 0.29) is 40.3 Å². The largest absolute Gasteiger partial charge is 0.454 e.